The minimum absolute atomic E-state index is 0.0318. The zero-order valence-electron chi connectivity index (χ0n) is 9.79. The molecule has 17 heavy (non-hydrogen) atoms. The Bertz CT molecular complexity index is 443. The molecule has 1 aromatic rings. The van der Waals surface area contributed by atoms with E-state index in [0.29, 0.717) is 15.9 Å². The van der Waals surface area contributed by atoms with Crippen LogP contribution in [0.15, 0.2) is 27.6 Å². The smallest absolute Gasteiger partial charge is 0.252 e. The van der Waals surface area contributed by atoms with Gasteiger partial charge in [0.15, 0.2) is 0 Å². The van der Waals surface area contributed by atoms with Gasteiger partial charge in [-0.2, -0.15) is 0 Å². The summed E-state index contributed by atoms with van der Waals surface area (Å²) < 4.78 is 0.935. The van der Waals surface area contributed by atoms with Crippen LogP contribution >= 0.6 is 28.6 Å². The highest BCUT2D eigenvalue weighted by Crippen LogP contribution is 2.39. The lowest BCUT2D eigenvalue weighted by molar-refractivity contribution is 0.0888. The summed E-state index contributed by atoms with van der Waals surface area (Å²) in [5.41, 5.74) is 0.946. The van der Waals surface area contributed by atoms with E-state index in [-0.39, 0.29) is 5.91 Å². The molecule has 92 valence electrons. The Kier molecular flexibility index (Phi) is 3.83. The third kappa shape index (κ3) is 3.05. The minimum atomic E-state index is -0.0318. The maximum Gasteiger partial charge on any atom is 0.252 e. The lowest BCUT2D eigenvalue weighted by Gasteiger charge is -2.38. The average molecular weight is 314 g/mol. The molecular formula is C13H16BrNOS. The number of thiol groups is 1. The Morgan fingerprint density at radius 3 is 2.76 bits per heavy atom. The lowest BCUT2D eigenvalue weighted by Crippen LogP contribution is -2.40. The summed E-state index contributed by atoms with van der Waals surface area (Å²) in [6.07, 6.45) is 3.70. The second kappa shape index (κ2) is 5.02. The van der Waals surface area contributed by atoms with Crippen molar-refractivity contribution in [3.63, 3.8) is 0 Å². The summed E-state index contributed by atoms with van der Waals surface area (Å²) in [5, 5.41) is 3.00. The fourth-order valence-electron chi connectivity index (χ4n) is 2.04. The number of rotatable bonds is 3. The monoisotopic (exact) mass is 313 g/mol. The summed E-state index contributed by atoms with van der Waals surface area (Å²) in [6, 6.07) is 5.49. The number of hydrogen-bond donors (Lipinski definition) is 2. The van der Waals surface area contributed by atoms with E-state index in [4.69, 9.17) is 0 Å². The van der Waals surface area contributed by atoms with Crippen LogP contribution in [0.3, 0.4) is 0 Å². The first kappa shape index (κ1) is 13.0. The van der Waals surface area contributed by atoms with Gasteiger partial charge in [0.05, 0.1) is 5.56 Å². The van der Waals surface area contributed by atoms with Crippen LogP contribution in [-0.2, 0) is 0 Å². The second-order valence-electron chi connectivity index (χ2n) is 5.01. The highest BCUT2D eigenvalue weighted by atomic mass is 79.9. The van der Waals surface area contributed by atoms with E-state index in [1.165, 1.54) is 19.3 Å². The largest absolute Gasteiger partial charge is 0.351 e. The van der Waals surface area contributed by atoms with Crippen molar-refractivity contribution in [2.75, 3.05) is 6.54 Å². The Morgan fingerprint density at radius 1 is 1.53 bits per heavy atom. The molecule has 4 heteroatoms. The van der Waals surface area contributed by atoms with Crippen molar-refractivity contribution in [1.82, 2.24) is 5.32 Å². The number of carbonyl (C=O) groups excluding carboxylic acids is 1. The van der Waals surface area contributed by atoms with Gasteiger partial charge < -0.3 is 5.32 Å². The first-order chi connectivity index (χ1) is 8.00. The van der Waals surface area contributed by atoms with Gasteiger partial charge in [-0.3, -0.25) is 4.79 Å². The minimum Gasteiger partial charge on any atom is -0.351 e. The molecule has 1 aliphatic carbocycles. The third-order valence-electron chi connectivity index (χ3n) is 3.44. The predicted molar refractivity (Wildman–Crippen MR) is 75.7 cm³/mol. The Balaban J connectivity index is 1.99. The van der Waals surface area contributed by atoms with Gasteiger partial charge in [-0.05, 0) is 36.5 Å². The van der Waals surface area contributed by atoms with E-state index in [0.717, 1.165) is 11.0 Å². The van der Waals surface area contributed by atoms with Gasteiger partial charge in [0.2, 0.25) is 0 Å². The van der Waals surface area contributed by atoms with E-state index < -0.39 is 0 Å². The summed E-state index contributed by atoms with van der Waals surface area (Å²) in [5.74, 6) is -0.0318. The van der Waals surface area contributed by atoms with Crippen molar-refractivity contribution >= 4 is 34.5 Å². The van der Waals surface area contributed by atoms with Gasteiger partial charge in [0, 0.05) is 15.9 Å². The molecule has 2 rings (SSSR count). The Morgan fingerprint density at radius 2 is 2.24 bits per heavy atom. The van der Waals surface area contributed by atoms with Crippen LogP contribution in [0.5, 0.6) is 0 Å². The molecule has 0 aromatic heterocycles. The fourth-order valence-corrected chi connectivity index (χ4v) is 2.90. The van der Waals surface area contributed by atoms with Crippen LogP contribution in [0.25, 0.3) is 0 Å². The normalized spacial score (nSPS) is 17.4. The number of nitrogens with one attached hydrogen (secondary N) is 1. The van der Waals surface area contributed by atoms with E-state index in [1.54, 1.807) is 6.07 Å². The molecule has 1 N–H and O–H groups in total. The number of halogens is 1. The third-order valence-corrected chi connectivity index (χ3v) is 4.30. The molecule has 1 fully saturated rings. The second-order valence-corrected chi connectivity index (χ2v) is 6.41. The summed E-state index contributed by atoms with van der Waals surface area (Å²) in [6.45, 7) is 2.98. The van der Waals surface area contributed by atoms with Gasteiger partial charge in [-0.25, -0.2) is 0 Å². The lowest BCUT2D eigenvalue weighted by atomic mass is 9.70. The van der Waals surface area contributed by atoms with Crippen LogP contribution in [0.1, 0.15) is 36.5 Å². The van der Waals surface area contributed by atoms with Crippen LogP contribution in [-0.4, -0.2) is 12.5 Å². The first-order valence-corrected chi connectivity index (χ1v) is 7.01. The molecule has 0 unspecified atom stereocenters. The molecule has 0 radical (unpaired) electrons. The molecule has 1 aromatic carbocycles. The summed E-state index contributed by atoms with van der Waals surface area (Å²) >= 11 is 7.67. The topological polar surface area (TPSA) is 29.1 Å². The van der Waals surface area contributed by atoms with Gasteiger partial charge in [0.1, 0.15) is 0 Å². The maximum absolute atomic E-state index is 12.0. The fraction of sp³-hybridized carbons (Fsp3) is 0.462. The predicted octanol–water partition coefficient (Wildman–Crippen LogP) is 3.66. The summed E-state index contributed by atoms with van der Waals surface area (Å²) in [7, 11) is 0. The molecule has 2 nitrogen and oxygen atoms in total. The number of carbonyl (C=O) groups is 1. The molecular weight excluding hydrogens is 298 g/mol. The molecule has 0 atom stereocenters. The van der Waals surface area contributed by atoms with Crippen LogP contribution < -0.4 is 5.32 Å². The molecule has 1 amide bonds. The standard InChI is InChI=1S/C13H16BrNOS/c1-13(5-2-6-13)8-15-12(16)10-4-3-9(14)7-11(10)17/h3-4,7,17H,2,5-6,8H2,1H3,(H,15,16). The van der Waals surface area contributed by atoms with Crippen molar-refractivity contribution in [2.24, 2.45) is 5.41 Å². The first-order valence-electron chi connectivity index (χ1n) is 5.77. The van der Waals surface area contributed by atoms with Crippen LogP contribution in [0, 0.1) is 5.41 Å². The van der Waals surface area contributed by atoms with Crippen molar-refractivity contribution in [1.29, 1.82) is 0 Å². The van der Waals surface area contributed by atoms with E-state index >= 15 is 0 Å². The molecule has 1 aliphatic rings. The van der Waals surface area contributed by atoms with Gasteiger partial charge in [-0.15, -0.1) is 12.6 Å². The number of amides is 1. The molecule has 0 heterocycles. The van der Waals surface area contributed by atoms with Crippen molar-refractivity contribution < 1.29 is 4.79 Å². The van der Waals surface area contributed by atoms with Crippen molar-refractivity contribution in [2.45, 2.75) is 31.1 Å². The number of hydrogen-bond acceptors (Lipinski definition) is 2. The van der Waals surface area contributed by atoms with E-state index in [1.807, 2.05) is 12.1 Å². The Hall–Kier alpha value is -0.480. The quantitative estimate of drug-likeness (QED) is 0.819. The highest BCUT2D eigenvalue weighted by Gasteiger charge is 2.32. The van der Waals surface area contributed by atoms with Crippen molar-refractivity contribution in [3.05, 3.63) is 28.2 Å². The van der Waals surface area contributed by atoms with Gasteiger partial charge in [-0.1, -0.05) is 29.3 Å². The zero-order valence-corrected chi connectivity index (χ0v) is 12.3. The van der Waals surface area contributed by atoms with Gasteiger partial charge >= 0.3 is 0 Å². The summed E-state index contributed by atoms with van der Waals surface area (Å²) in [4.78, 5) is 12.7. The maximum atomic E-state index is 12.0. The van der Waals surface area contributed by atoms with E-state index in [2.05, 4.69) is 40.8 Å². The van der Waals surface area contributed by atoms with E-state index in [9.17, 15) is 4.79 Å². The zero-order chi connectivity index (χ0) is 12.5. The SMILES string of the molecule is CC1(CNC(=O)c2ccc(Br)cc2S)CCC1. The molecule has 0 spiro atoms. The Labute approximate surface area is 116 Å². The van der Waals surface area contributed by atoms with Crippen molar-refractivity contribution in [3.8, 4) is 0 Å². The molecule has 0 saturated heterocycles. The van der Waals surface area contributed by atoms with Crippen LogP contribution in [0.2, 0.25) is 0 Å². The average Bonchev–Trinajstić information content (AvgIpc) is 2.23. The molecule has 0 bridgehead atoms. The van der Waals surface area contributed by atoms with Gasteiger partial charge in [0.25, 0.3) is 5.91 Å². The molecule has 1 saturated carbocycles. The van der Waals surface area contributed by atoms with Crippen LogP contribution in [0.4, 0.5) is 0 Å². The highest BCUT2D eigenvalue weighted by molar-refractivity contribution is 9.10. The number of benzene rings is 1. The molecule has 0 aliphatic heterocycles.